The Labute approximate surface area is 198 Å². The van der Waals surface area contributed by atoms with Gasteiger partial charge >= 0.3 is 27.6 Å². The number of sulfonamides is 1. The van der Waals surface area contributed by atoms with E-state index in [1.807, 2.05) is 0 Å². The fourth-order valence-electron chi connectivity index (χ4n) is 3.08. The molecule has 1 aliphatic heterocycles. The van der Waals surface area contributed by atoms with Crippen molar-refractivity contribution in [2.75, 3.05) is 36.4 Å². The molecule has 0 aromatic heterocycles. The van der Waals surface area contributed by atoms with Gasteiger partial charge in [0.25, 0.3) is 5.91 Å². The number of hydrogen-bond donors (Lipinski definition) is 1. The van der Waals surface area contributed by atoms with Crippen molar-refractivity contribution in [1.82, 2.24) is 10.2 Å². The van der Waals surface area contributed by atoms with Crippen LogP contribution in [0.15, 0.2) is 24.3 Å². The zero-order valence-electron chi connectivity index (χ0n) is 18.3. The third-order valence-electron chi connectivity index (χ3n) is 5.14. The number of nitrogens with one attached hydrogen (secondary N) is 1. The van der Waals surface area contributed by atoms with Crippen LogP contribution in [-0.4, -0.2) is 81.9 Å². The lowest BCUT2D eigenvalue weighted by molar-refractivity contribution is -0.278. The van der Waals surface area contributed by atoms with Crippen LogP contribution in [-0.2, 0) is 24.4 Å². The summed E-state index contributed by atoms with van der Waals surface area (Å²) in [6.07, 6.45) is -7.35. The molecule has 3 amide bonds. The van der Waals surface area contributed by atoms with Gasteiger partial charge in [-0.1, -0.05) is 12.1 Å². The Balaban J connectivity index is 2.32. The SMILES string of the molecule is CN1C(=O)[C@@H](N(C)C(=O)CC(=O)NCC(F)(F)C(F)(F)F)CN(S(=O)(=O)C(F)(F)F)c2ccccc21. The highest BCUT2D eigenvalue weighted by Crippen LogP contribution is 2.39. The van der Waals surface area contributed by atoms with E-state index in [-0.39, 0.29) is 9.99 Å². The minimum Gasteiger partial charge on any atom is -0.349 e. The van der Waals surface area contributed by atoms with Gasteiger partial charge < -0.3 is 15.1 Å². The fourth-order valence-corrected chi connectivity index (χ4v) is 4.08. The number of carbonyl (C=O) groups excluding carboxylic acids is 3. The standard InChI is InChI=1S/C18H18F8N4O5S/c1-28(14(32)7-13(31)27-9-16(19,20)17(21,22)23)12-8-30(36(34,35)18(24,25)26)11-6-4-3-5-10(11)29(2)15(12)33/h3-6,12H,7-9H2,1-2H3,(H,27,31)/t12-/m0/s1. The molecular formula is C18H18F8N4O5S. The number of rotatable bonds is 6. The lowest BCUT2D eigenvalue weighted by atomic mass is 10.2. The molecule has 0 aliphatic carbocycles. The average Bonchev–Trinajstić information content (AvgIpc) is 2.86. The van der Waals surface area contributed by atoms with Crippen LogP contribution >= 0.6 is 0 Å². The predicted octanol–water partition coefficient (Wildman–Crippen LogP) is 1.85. The van der Waals surface area contributed by atoms with Gasteiger partial charge in [0, 0.05) is 14.1 Å². The number of fused-ring (bicyclic) bond motifs is 1. The number of amides is 3. The van der Waals surface area contributed by atoms with Gasteiger partial charge in [-0.05, 0) is 12.1 Å². The molecule has 0 saturated carbocycles. The Bertz CT molecular complexity index is 1140. The Morgan fingerprint density at radius 3 is 2.08 bits per heavy atom. The van der Waals surface area contributed by atoms with Crippen LogP contribution in [0.2, 0.25) is 0 Å². The molecule has 9 nitrogen and oxygen atoms in total. The number of alkyl halides is 8. The summed E-state index contributed by atoms with van der Waals surface area (Å²) in [7, 11) is -4.18. The fraction of sp³-hybridized carbons (Fsp3) is 0.500. The van der Waals surface area contributed by atoms with E-state index in [0.29, 0.717) is 4.90 Å². The molecule has 1 aromatic carbocycles. The number of nitrogens with zero attached hydrogens (tertiary/aromatic N) is 3. The van der Waals surface area contributed by atoms with E-state index in [2.05, 4.69) is 0 Å². The molecule has 0 unspecified atom stereocenters. The van der Waals surface area contributed by atoms with Crippen molar-refractivity contribution in [3.63, 3.8) is 0 Å². The Hall–Kier alpha value is -3.18. The largest absolute Gasteiger partial charge is 0.516 e. The van der Waals surface area contributed by atoms with Crippen molar-refractivity contribution >= 4 is 39.1 Å². The highest BCUT2D eigenvalue weighted by Gasteiger charge is 2.57. The second kappa shape index (κ2) is 9.70. The third-order valence-corrected chi connectivity index (χ3v) is 6.65. The molecule has 202 valence electrons. The first-order valence-corrected chi connectivity index (χ1v) is 11.1. The van der Waals surface area contributed by atoms with Gasteiger partial charge in [0.2, 0.25) is 11.8 Å². The van der Waals surface area contributed by atoms with E-state index in [1.54, 1.807) is 0 Å². The summed E-state index contributed by atoms with van der Waals surface area (Å²) in [5, 5.41) is 1.21. The van der Waals surface area contributed by atoms with Crippen molar-refractivity contribution in [1.29, 1.82) is 0 Å². The van der Waals surface area contributed by atoms with E-state index in [1.165, 1.54) is 17.4 Å². The van der Waals surface area contributed by atoms with Crippen LogP contribution in [0, 0.1) is 0 Å². The topological polar surface area (TPSA) is 107 Å². The van der Waals surface area contributed by atoms with Crippen molar-refractivity contribution in [2.24, 2.45) is 0 Å². The zero-order chi connectivity index (χ0) is 27.9. The van der Waals surface area contributed by atoms with E-state index in [4.69, 9.17) is 0 Å². The molecule has 1 aliphatic rings. The van der Waals surface area contributed by atoms with Crippen LogP contribution in [0.3, 0.4) is 0 Å². The maximum atomic E-state index is 13.4. The average molecular weight is 554 g/mol. The first-order valence-electron chi connectivity index (χ1n) is 9.65. The molecule has 1 aromatic rings. The van der Waals surface area contributed by atoms with E-state index in [9.17, 15) is 57.9 Å². The van der Waals surface area contributed by atoms with Gasteiger partial charge in [-0.15, -0.1) is 0 Å². The number of likely N-dealkylation sites (N-methyl/N-ethyl adjacent to an activating group) is 2. The van der Waals surface area contributed by atoms with Gasteiger partial charge in [-0.2, -0.15) is 43.5 Å². The molecule has 1 N–H and O–H groups in total. The van der Waals surface area contributed by atoms with E-state index < -0.39 is 76.6 Å². The second-order valence-corrected chi connectivity index (χ2v) is 9.40. The van der Waals surface area contributed by atoms with Crippen molar-refractivity contribution in [3.8, 4) is 0 Å². The second-order valence-electron chi connectivity index (χ2n) is 7.54. The molecule has 18 heteroatoms. The number of para-hydroxylation sites is 2. The Morgan fingerprint density at radius 1 is 1.06 bits per heavy atom. The van der Waals surface area contributed by atoms with Crippen LogP contribution in [0.25, 0.3) is 0 Å². The zero-order valence-corrected chi connectivity index (χ0v) is 19.1. The van der Waals surface area contributed by atoms with E-state index >= 15 is 0 Å². The predicted molar refractivity (Wildman–Crippen MR) is 107 cm³/mol. The number of hydrogen-bond acceptors (Lipinski definition) is 5. The maximum absolute atomic E-state index is 13.4. The summed E-state index contributed by atoms with van der Waals surface area (Å²) in [6.45, 7) is -3.43. The lowest BCUT2D eigenvalue weighted by Crippen LogP contribution is -2.54. The van der Waals surface area contributed by atoms with E-state index in [0.717, 1.165) is 31.1 Å². The van der Waals surface area contributed by atoms with Gasteiger partial charge in [-0.25, -0.2) is 0 Å². The number of carbonyl (C=O) groups is 3. The van der Waals surface area contributed by atoms with Gasteiger partial charge in [0.05, 0.1) is 24.5 Å². The van der Waals surface area contributed by atoms with Gasteiger partial charge in [0.1, 0.15) is 12.5 Å². The van der Waals surface area contributed by atoms with Crippen LogP contribution in [0.4, 0.5) is 46.5 Å². The smallest absolute Gasteiger partial charge is 0.349 e. The highest BCUT2D eigenvalue weighted by atomic mass is 32.2. The minimum atomic E-state index is -6.09. The number of anilines is 2. The summed E-state index contributed by atoms with van der Waals surface area (Å²) in [5.74, 6) is -9.35. The lowest BCUT2D eigenvalue weighted by Gasteiger charge is -2.31. The molecule has 2 rings (SSSR count). The van der Waals surface area contributed by atoms with Crippen molar-refractivity contribution < 1.29 is 57.9 Å². The van der Waals surface area contributed by atoms with Gasteiger partial charge in [-0.3, -0.25) is 18.7 Å². The first-order chi connectivity index (χ1) is 16.2. The molecule has 1 heterocycles. The number of benzene rings is 1. The molecule has 0 saturated heterocycles. The molecule has 36 heavy (non-hydrogen) atoms. The molecule has 0 bridgehead atoms. The summed E-state index contributed by atoms with van der Waals surface area (Å²) in [6, 6.07) is 2.70. The quantitative estimate of drug-likeness (QED) is 0.427. The van der Waals surface area contributed by atoms with Crippen LogP contribution in [0.5, 0.6) is 0 Å². The van der Waals surface area contributed by atoms with Crippen molar-refractivity contribution in [2.45, 2.75) is 30.1 Å². The van der Waals surface area contributed by atoms with Crippen LogP contribution < -0.4 is 14.5 Å². The third kappa shape index (κ3) is 5.62. The van der Waals surface area contributed by atoms with Gasteiger partial charge in [0.15, 0.2) is 0 Å². The molecule has 1 atom stereocenters. The molecule has 0 spiro atoms. The maximum Gasteiger partial charge on any atom is 0.516 e. The van der Waals surface area contributed by atoms with Crippen molar-refractivity contribution in [3.05, 3.63) is 24.3 Å². The number of halogens is 8. The Kier molecular flexibility index (Phi) is 7.83. The molecule has 0 fully saturated rings. The summed E-state index contributed by atoms with van der Waals surface area (Å²) >= 11 is 0. The highest BCUT2D eigenvalue weighted by molar-refractivity contribution is 7.93. The Morgan fingerprint density at radius 2 is 1.58 bits per heavy atom. The summed E-state index contributed by atoms with van der Waals surface area (Å²) in [5.41, 5.74) is -6.60. The summed E-state index contributed by atoms with van der Waals surface area (Å²) < 4.78 is 127. The monoisotopic (exact) mass is 554 g/mol. The molecule has 0 radical (unpaired) electrons. The first kappa shape index (κ1) is 29.1. The minimum absolute atomic E-state index is 0.137. The normalized spacial score (nSPS) is 17.4. The summed E-state index contributed by atoms with van der Waals surface area (Å²) in [4.78, 5) is 38.3. The molecular weight excluding hydrogens is 536 g/mol. The van der Waals surface area contributed by atoms with Crippen LogP contribution in [0.1, 0.15) is 6.42 Å².